The third kappa shape index (κ3) is 3.07. The van der Waals surface area contributed by atoms with E-state index in [-0.39, 0.29) is 12.0 Å². The van der Waals surface area contributed by atoms with Crippen molar-refractivity contribution in [2.75, 3.05) is 14.2 Å². The largest absolute Gasteiger partial charge is 0.469 e. The summed E-state index contributed by atoms with van der Waals surface area (Å²) >= 11 is 0. The lowest BCUT2D eigenvalue weighted by atomic mass is 9.97. The summed E-state index contributed by atoms with van der Waals surface area (Å²) in [4.78, 5) is 11.3. The second-order valence-corrected chi connectivity index (χ2v) is 3.98. The maximum atomic E-state index is 11.3. The van der Waals surface area contributed by atoms with Crippen LogP contribution in [0.5, 0.6) is 0 Å². The number of methoxy groups -OCH3 is 1. The zero-order valence-electron chi connectivity index (χ0n) is 10.3. The predicted octanol–water partition coefficient (Wildman–Crippen LogP) is 2.13. The molecule has 1 aromatic carbocycles. The number of carbonyl (C=O) groups is 1. The molecule has 16 heavy (non-hydrogen) atoms. The fraction of sp³-hybridized carbons (Fsp3) is 0.462. The molecule has 0 heterocycles. The molecule has 0 amide bonds. The van der Waals surface area contributed by atoms with Crippen molar-refractivity contribution in [2.24, 2.45) is 0 Å². The van der Waals surface area contributed by atoms with E-state index in [0.717, 1.165) is 5.56 Å². The van der Waals surface area contributed by atoms with Gasteiger partial charge in [0.25, 0.3) is 0 Å². The topological polar surface area (TPSA) is 38.3 Å². The maximum Gasteiger partial charge on any atom is 0.307 e. The van der Waals surface area contributed by atoms with Crippen LogP contribution in [0.25, 0.3) is 0 Å². The second kappa shape index (κ2) is 5.66. The van der Waals surface area contributed by atoms with Crippen LogP contribution in [0.15, 0.2) is 18.2 Å². The van der Waals surface area contributed by atoms with Crippen LogP contribution in [-0.4, -0.2) is 20.1 Å². The molecule has 1 N–H and O–H groups in total. The van der Waals surface area contributed by atoms with Crippen LogP contribution in [0.3, 0.4) is 0 Å². The van der Waals surface area contributed by atoms with E-state index in [4.69, 9.17) is 4.74 Å². The molecule has 0 saturated heterocycles. The Morgan fingerprint density at radius 3 is 2.69 bits per heavy atom. The fourth-order valence-corrected chi connectivity index (χ4v) is 1.75. The van der Waals surface area contributed by atoms with Gasteiger partial charge in [0.05, 0.1) is 13.5 Å². The van der Waals surface area contributed by atoms with Gasteiger partial charge in [-0.1, -0.05) is 23.8 Å². The maximum absolute atomic E-state index is 11.3. The molecule has 1 atom stereocenters. The molecule has 3 heteroatoms. The van der Waals surface area contributed by atoms with Crippen LogP contribution in [0, 0.1) is 13.8 Å². The van der Waals surface area contributed by atoms with Crippen molar-refractivity contribution in [3.8, 4) is 0 Å². The number of hydrogen-bond acceptors (Lipinski definition) is 3. The van der Waals surface area contributed by atoms with Crippen molar-refractivity contribution in [1.29, 1.82) is 0 Å². The summed E-state index contributed by atoms with van der Waals surface area (Å²) in [6, 6.07) is 6.28. The van der Waals surface area contributed by atoms with Crippen LogP contribution >= 0.6 is 0 Å². The van der Waals surface area contributed by atoms with E-state index in [1.54, 1.807) is 0 Å². The van der Waals surface area contributed by atoms with Gasteiger partial charge in [-0.15, -0.1) is 0 Å². The Kier molecular flexibility index (Phi) is 4.50. The highest BCUT2D eigenvalue weighted by Crippen LogP contribution is 2.22. The van der Waals surface area contributed by atoms with E-state index in [1.165, 1.54) is 18.2 Å². The van der Waals surface area contributed by atoms with Gasteiger partial charge in [0.2, 0.25) is 0 Å². The van der Waals surface area contributed by atoms with Crippen molar-refractivity contribution in [3.63, 3.8) is 0 Å². The van der Waals surface area contributed by atoms with Crippen molar-refractivity contribution >= 4 is 5.97 Å². The third-order valence-corrected chi connectivity index (χ3v) is 2.76. The van der Waals surface area contributed by atoms with Gasteiger partial charge in [-0.2, -0.15) is 0 Å². The summed E-state index contributed by atoms with van der Waals surface area (Å²) in [5.41, 5.74) is 3.55. The molecule has 0 aliphatic heterocycles. The first-order chi connectivity index (χ1) is 7.58. The molecule has 1 unspecified atom stereocenters. The molecule has 0 aliphatic carbocycles. The Morgan fingerprint density at radius 1 is 1.44 bits per heavy atom. The van der Waals surface area contributed by atoms with Gasteiger partial charge < -0.3 is 10.1 Å². The van der Waals surface area contributed by atoms with Crippen molar-refractivity contribution in [1.82, 2.24) is 5.32 Å². The number of ether oxygens (including phenoxy) is 1. The van der Waals surface area contributed by atoms with Crippen LogP contribution in [0.2, 0.25) is 0 Å². The number of aryl methyl sites for hydroxylation is 2. The highest BCUT2D eigenvalue weighted by Gasteiger charge is 2.16. The van der Waals surface area contributed by atoms with Crippen molar-refractivity contribution in [2.45, 2.75) is 26.3 Å². The first-order valence-corrected chi connectivity index (χ1v) is 5.39. The minimum Gasteiger partial charge on any atom is -0.469 e. The van der Waals surface area contributed by atoms with E-state index in [0.29, 0.717) is 6.42 Å². The average molecular weight is 221 g/mol. The zero-order chi connectivity index (χ0) is 12.1. The zero-order valence-corrected chi connectivity index (χ0v) is 10.3. The number of benzene rings is 1. The van der Waals surface area contributed by atoms with E-state index >= 15 is 0 Å². The summed E-state index contributed by atoms with van der Waals surface area (Å²) in [5.74, 6) is -0.194. The first-order valence-electron chi connectivity index (χ1n) is 5.39. The molecule has 0 aromatic heterocycles. The highest BCUT2D eigenvalue weighted by atomic mass is 16.5. The molecule has 0 aliphatic rings. The van der Waals surface area contributed by atoms with Crippen LogP contribution in [0.4, 0.5) is 0 Å². The summed E-state index contributed by atoms with van der Waals surface area (Å²) in [6.45, 7) is 4.10. The SMILES string of the molecule is CNC(CC(=O)OC)c1cc(C)ccc1C. The van der Waals surface area contributed by atoms with Crippen molar-refractivity contribution < 1.29 is 9.53 Å². The first kappa shape index (κ1) is 12.7. The van der Waals surface area contributed by atoms with Gasteiger partial charge in [-0.3, -0.25) is 4.79 Å². The number of esters is 1. The van der Waals surface area contributed by atoms with Crippen LogP contribution in [0.1, 0.15) is 29.2 Å². The van der Waals surface area contributed by atoms with Gasteiger partial charge in [-0.25, -0.2) is 0 Å². The molecule has 88 valence electrons. The standard InChI is InChI=1S/C13H19NO2/c1-9-5-6-10(2)11(7-9)12(14-3)8-13(15)16-4/h5-7,12,14H,8H2,1-4H3. The lowest BCUT2D eigenvalue weighted by Gasteiger charge is -2.18. The van der Waals surface area contributed by atoms with Gasteiger partial charge in [0.1, 0.15) is 0 Å². The quantitative estimate of drug-likeness (QED) is 0.791. The predicted molar refractivity (Wildman–Crippen MR) is 64.3 cm³/mol. The van der Waals surface area contributed by atoms with Gasteiger partial charge in [0.15, 0.2) is 0 Å². The molecule has 1 aromatic rings. The average Bonchev–Trinajstić information content (AvgIpc) is 2.29. The molecule has 0 radical (unpaired) electrons. The number of nitrogens with one attached hydrogen (secondary N) is 1. The molecule has 3 nitrogen and oxygen atoms in total. The third-order valence-electron chi connectivity index (χ3n) is 2.76. The Morgan fingerprint density at radius 2 is 2.12 bits per heavy atom. The van der Waals surface area contributed by atoms with E-state index in [2.05, 4.69) is 30.4 Å². The number of carbonyl (C=O) groups excluding carboxylic acids is 1. The number of hydrogen-bond donors (Lipinski definition) is 1. The van der Waals surface area contributed by atoms with Gasteiger partial charge >= 0.3 is 5.97 Å². The molecule has 0 bridgehead atoms. The van der Waals surface area contributed by atoms with Crippen LogP contribution in [-0.2, 0) is 9.53 Å². The van der Waals surface area contributed by atoms with Crippen molar-refractivity contribution in [3.05, 3.63) is 34.9 Å². The molecule has 1 rings (SSSR count). The normalized spacial score (nSPS) is 12.2. The monoisotopic (exact) mass is 221 g/mol. The second-order valence-electron chi connectivity index (χ2n) is 3.98. The lowest BCUT2D eigenvalue weighted by Crippen LogP contribution is -2.21. The Bertz CT molecular complexity index is 374. The molecule has 0 saturated carbocycles. The molecular formula is C13H19NO2. The molecule has 0 spiro atoms. The summed E-state index contributed by atoms with van der Waals surface area (Å²) in [5, 5.41) is 3.15. The molecule has 0 fully saturated rings. The smallest absolute Gasteiger partial charge is 0.307 e. The van der Waals surface area contributed by atoms with E-state index in [1.807, 2.05) is 14.0 Å². The van der Waals surface area contributed by atoms with E-state index in [9.17, 15) is 4.79 Å². The number of rotatable bonds is 4. The van der Waals surface area contributed by atoms with Gasteiger partial charge in [0, 0.05) is 6.04 Å². The summed E-state index contributed by atoms with van der Waals surface area (Å²) in [6.07, 6.45) is 0.358. The Labute approximate surface area is 96.8 Å². The Balaban J connectivity index is 2.94. The fourth-order valence-electron chi connectivity index (χ4n) is 1.75. The Hall–Kier alpha value is -1.35. The van der Waals surface area contributed by atoms with E-state index < -0.39 is 0 Å². The van der Waals surface area contributed by atoms with Gasteiger partial charge in [-0.05, 0) is 32.0 Å². The summed E-state index contributed by atoms with van der Waals surface area (Å²) in [7, 11) is 3.27. The minimum atomic E-state index is -0.194. The van der Waals surface area contributed by atoms with Crippen LogP contribution < -0.4 is 5.32 Å². The molecular weight excluding hydrogens is 202 g/mol. The summed E-state index contributed by atoms with van der Waals surface area (Å²) < 4.78 is 4.70. The lowest BCUT2D eigenvalue weighted by molar-refractivity contribution is -0.141. The minimum absolute atomic E-state index is 0.0207. The highest BCUT2D eigenvalue weighted by molar-refractivity contribution is 5.70.